The Bertz CT molecular complexity index is 715. The van der Waals surface area contributed by atoms with Crippen LogP contribution in [0.15, 0.2) is 36.4 Å². The lowest BCUT2D eigenvalue weighted by atomic mass is 10.1. The minimum Gasteiger partial charge on any atom is -0.496 e. The van der Waals surface area contributed by atoms with Gasteiger partial charge < -0.3 is 15.4 Å². The molecule has 0 saturated carbocycles. The molecule has 0 atom stereocenters. The van der Waals surface area contributed by atoms with E-state index in [1.807, 2.05) is 0 Å². The van der Waals surface area contributed by atoms with E-state index in [9.17, 15) is 9.18 Å². The van der Waals surface area contributed by atoms with E-state index in [4.69, 9.17) is 10.5 Å². The summed E-state index contributed by atoms with van der Waals surface area (Å²) in [6, 6.07) is 9.56. The number of hydrogen-bond acceptors (Lipinski definition) is 3. The van der Waals surface area contributed by atoms with Crippen LogP contribution in [0.5, 0.6) is 5.75 Å². The number of anilines is 2. The lowest BCUT2D eigenvalue weighted by molar-refractivity contribution is 0.0987. The maximum atomic E-state index is 13.4. The lowest BCUT2D eigenvalue weighted by Gasteiger charge is -2.20. The quantitative estimate of drug-likeness (QED) is 0.863. The first-order chi connectivity index (χ1) is 10.1. The number of nitrogens with zero attached hydrogens (tertiary/aromatic N) is 1. The third-order valence-electron chi connectivity index (χ3n) is 3.68. The van der Waals surface area contributed by atoms with Crippen molar-refractivity contribution in [1.82, 2.24) is 0 Å². The van der Waals surface area contributed by atoms with Crippen LogP contribution < -0.4 is 15.4 Å². The van der Waals surface area contributed by atoms with Crippen LogP contribution in [-0.2, 0) is 6.42 Å². The molecule has 1 aliphatic rings. The van der Waals surface area contributed by atoms with Crippen molar-refractivity contribution in [1.29, 1.82) is 0 Å². The maximum Gasteiger partial charge on any atom is 0.264 e. The fourth-order valence-corrected chi connectivity index (χ4v) is 2.65. The largest absolute Gasteiger partial charge is 0.496 e. The fourth-order valence-electron chi connectivity index (χ4n) is 2.65. The molecule has 5 heteroatoms. The van der Waals surface area contributed by atoms with Crippen molar-refractivity contribution in [3.8, 4) is 5.75 Å². The molecule has 0 spiro atoms. The number of carbonyl (C=O) groups excluding carboxylic acids is 1. The predicted octanol–water partition coefficient (Wildman–Crippen LogP) is 2.62. The summed E-state index contributed by atoms with van der Waals surface area (Å²) >= 11 is 0. The van der Waals surface area contributed by atoms with Crippen LogP contribution in [0, 0.1) is 5.82 Å². The molecule has 3 rings (SSSR count). The second-order valence-electron chi connectivity index (χ2n) is 4.90. The van der Waals surface area contributed by atoms with Crippen LogP contribution in [-0.4, -0.2) is 19.6 Å². The highest BCUT2D eigenvalue weighted by Gasteiger charge is 2.29. The van der Waals surface area contributed by atoms with Gasteiger partial charge in [-0.3, -0.25) is 4.79 Å². The van der Waals surface area contributed by atoms with Gasteiger partial charge in [0.2, 0.25) is 0 Å². The highest BCUT2D eigenvalue weighted by Crippen LogP contribution is 2.33. The number of nitrogens with two attached hydrogens (primary N) is 1. The molecule has 108 valence electrons. The maximum absolute atomic E-state index is 13.4. The second kappa shape index (κ2) is 5.09. The van der Waals surface area contributed by atoms with Crippen molar-refractivity contribution in [3.05, 3.63) is 53.3 Å². The van der Waals surface area contributed by atoms with E-state index in [2.05, 4.69) is 0 Å². The molecule has 0 bridgehead atoms. The van der Waals surface area contributed by atoms with E-state index >= 15 is 0 Å². The van der Waals surface area contributed by atoms with Crippen LogP contribution >= 0.6 is 0 Å². The summed E-state index contributed by atoms with van der Waals surface area (Å²) in [5.41, 5.74) is 8.14. The zero-order chi connectivity index (χ0) is 15.0. The van der Waals surface area contributed by atoms with Gasteiger partial charge in [0, 0.05) is 12.2 Å². The molecule has 0 aromatic heterocycles. The average molecular weight is 286 g/mol. The number of halogens is 1. The number of hydrogen-bond donors (Lipinski definition) is 1. The van der Waals surface area contributed by atoms with Crippen LogP contribution in [0.2, 0.25) is 0 Å². The molecule has 0 unspecified atom stereocenters. The van der Waals surface area contributed by atoms with Gasteiger partial charge >= 0.3 is 0 Å². The van der Waals surface area contributed by atoms with E-state index < -0.39 is 0 Å². The Morgan fingerprint density at radius 2 is 2.14 bits per heavy atom. The molecule has 1 amide bonds. The summed E-state index contributed by atoms with van der Waals surface area (Å²) < 4.78 is 18.7. The molecule has 0 saturated heterocycles. The molecule has 1 heterocycles. The Hall–Kier alpha value is -2.56. The summed E-state index contributed by atoms with van der Waals surface area (Å²) in [4.78, 5) is 14.3. The van der Waals surface area contributed by atoms with Crippen molar-refractivity contribution < 1.29 is 13.9 Å². The van der Waals surface area contributed by atoms with Crippen molar-refractivity contribution >= 4 is 17.3 Å². The van der Waals surface area contributed by atoms with Crippen LogP contribution in [0.3, 0.4) is 0 Å². The van der Waals surface area contributed by atoms with E-state index in [0.29, 0.717) is 35.7 Å². The Balaban J connectivity index is 2.04. The van der Waals surface area contributed by atoms with Gasteiger partial charge in [-0.1, -0.05) is 12.1 Å². The van der Waals surface area contributed by atoms with Crippen LogP contribution in [0.1, 0.15) is 15.9 Å². The van der Waals surface area contributed by atoms with E-state index in [-0.39, 0.29) is 11.7 Å². The van der Waals surface area contributed by atoms with Gasteiger partial charge in [-0.25, -0.2) is 4.39 Å². The van der Waals surface area contributed by atoms with Crippen molar-refractivity contribution in [2.45, 2.75) is 6.42 Å². The molecule has 2 N–H and O–H groups in total. The number of benzene rings is 2. The SMILES string of the molecule is COc1cccc(N)c1C(=O)N1CCc2ccc(F)cc21. The molecule has 0 aliphatic carbocycles. The lowest BCUT2D eigenvalue weighted by Crippen LogP contribution is -2.30. The zero-order valence-corrected chi connectivity index (χ0v) is 11.6. The smallest absolute Gasteiger partial charge is 0.264 e. The molecule has 2 aromatic rings. The first-order valence-electron chi connectivity index (χ1n) is 6.64. The minimum atomic E-state index is -0.360. The normalized spacial score (nSPS) is 13.1. The topological polar surface area (TPSA) is 55.6 Å². The molecule has 0 radical (unpaired) electrons. The highest BCUT2D eigenvalue weighted by atomic mass is 19.1. The molecular formula is C16H15FN2O2. The fraction of sp³-hybridized carbons (Fsp3) is 0.188. The summed E-state index contributed by atoms with van der Waals surface area (Å²) in [6.45, 7) is 0.509. The first kappa shape index (κ1) is 13.4. The number of fused-ring (bicyclic) bond motifs is 1. The number of amides is 1. The van der Waals surface area contributed by atoms with Crippen LogP contribution in [0.4, 0.5) is 15.8 Å². The Morgan fingerprint density at radius 1 is 1.33 bits per heavy atom. The van der Waals surface area contributed by atoms with Crippen molar-refractivity contribution in [3.63, 3.8) is 0 Å². The number of carbonyl (C=O) groups is 1. The molecule has 0 fully saturated rings. The molecule has 2 aromatic carbocycles. The van der Waals surface area contributed by atoms with Gasteiger partial charge in [-0.15, -0.1) is 0 Å². The third kappa shape index (κ3) is 2.20. The van der Waals surface area contributed by atoms with E-state index in [1.54, 1.807) is 29.2 Å². The summed E-state index contributed by atoms with van der Waals surface area (Å²) in [5, 5.41) is 0. The first-order valence-corrected chi connectivity index (χ1v) is 6.64. The van der Waals surface area contributed by atoms with Gasteiger partial charge in [-0.2, -0.15) is 0 Å². The predicted molar refractivity (Wildman–Crippen MR) is 79.2 cm³/mol. The Labute approximate surface area is 121 Å². The van der Waals surface area contributed by atoms with Gasteiger partial charge in [-0.05, 0) is 36.2 Å². The molecule has 4 nitrogen and oxygen atoms in total. The molecule has 1 aliphatic heterocycles. The standard InChI is InChI=1S/C16H15FN2O2/c1-21-14-4-2-3-12(18)15(14)16(20)19-8-7-10-5-6-11(17)9-13(10)19/h2-6,9H,7-8,18H2,1H3. The molecule has 21 heavy (non-hydrogen) atoms. The monoisotopic (exact) mass is 286 g/mol. The number of ether oxygens (including phenoxy) is 1. The summed E-state index contributed by atoms with van der Waals surface area (Å²) in [6.07, 6.45) is 0.705. The number of rotatable bonds is 2. The summed E-state index contributed by atoms with van der Waals surface area (Å²) in [5.74, 6) is -0.208. The van der Waals surface area contributed by atoms with Crippen molar-refractivity contribution in [2.75, 3.05) is 24.3 Å². The average Bonchev–Trinajstić information content (AvgIpc) is 2.89. The van der Waals surface area contributed by atoms with Gasteiger partial charge in [0.15, 0.2) is 0 Å². The molecular weight excluding hydrogens is 271 g/mol. The Morgan fingerprint density at radius 3 is 2.90 bits per heavy atom. The highest BCUT2D eigenvalue weighted by molar-refractivity contribution is 6.12. The van der Waals surface area contributed by atoms with Gasteiger partial charge in [0.1, 0.15) is 17.1 Å². The van der Waals surface area contributed by atoms with Crippen molar-refractivity contribution in [2.24, 2.45) is 0 Å². The zero-order valence-electron chi connectivity index (χ0n) is 11.6. The van der Waals surface area contributed by atoms with Crippen LogP contribution in [0.25, 0.3) is 0 Å². The second-order valence-corrected chi connectivity index (χ2v) is 4.90. The minimum absolute atomic E-state index is 0.269. The van der Waals surface area contributed by atoms with Gasteiger partial charge in [0.25, 0.3) is 5.91 Å². The third-order valence-corrected chi connectivity index (χ3v) is 3.68. The van der Waals surface area contributed by atoms with E-state index in [1.165, 1.54) is 19.2 Å². The summed E-state index contributed by atoms with van der Waals surface area (Å²) in [7, 11) is 1.49. The Kier molecular flexibility index (Phi) is 3.25. The van der Waals surface area contributed by atoms with E-state index in [0.717, 1.165) is 5.56 Å². The number of nitrogen functional groups attached to an aromatic ring is 1. The number of methoxy groups -OCH3 is 1. The van der Waals surface area contributed by atoms with Gasteiger partial charge in [0.05, 0.1) is 12.8 Å².